The molecule has 0 spiro atoms. The molecule has 0 aliphatic heterocycles. The number of rotatable bonds is 4. The Bertz CT molecular complexity index is 369. The quantitative estimate of drug-likeness (QED) is 0.795. The molecule has 1 rings (SSSR count). The zero-order valence-corrected chi connectivity index (χ0v) is 11.4. The van der Waals surface area contributed by atoms with Crippen LogP contribution in [0.15, 0.2) is 24.3 Å². The van der Waals surface area contributed by atoms with E-state index < -0.39 is 0 Å². The minimum atomic E-state index is 0.0313. The summed E-state index contributed by atoms with van der Waals surface area (Å²) in [6.07, 6.45) is 0. The molecule has 0 amide bonds. The molecule has 0 fully saturated rings. The molecule has 0 radical (unpaired) electrons. The fourth-order valence-corrected chi connectivity index (χ4v) is 1.37. The normalized spacial score (nSPS) is 11.6. The Balaban J connectivity index is 2.61. The van der Waals surface area contributed by atoms with Crippen LogP contribution in [0.4, 0.5) is 0 Å². The fourth-order valence-electron chi connectivity index (χ4n) is 1.37. The zero-order chi connectivity index (χ0) is 13.1. The van der Waals surface area contributed by atoms with Gasteiger partial charge in [0.15, 0.2) is 5.78 Å². The van der Waals surface area contributed by atoms with Gasteiger partial charge in [-0.25, -0.2) is 0 Å². The minimum Gasteiger partial charge on any atom is -0.486 e. The molecule has 0 aliphatic rings. The van der Waals surface area contributed by atoms with Crippen molar-refractivity contribution >= 4 is 5.78 Å². The average molecular weight is 234 g/mol. The van der Waals surface area contributed by atoms with Gasteiger partial charge in [0, 0.05) is 5.92 Å². The molecule has 2 heteroatoms. The molecular weight excluding hydrogens is 212 g/mol. The first-order chi connectivity index (χ1) is 7.80. The number of carbonyl (C=O) groups is 1. The van der Waals surface area contributed by atoms with Gasteiger partial charge in [-0.2, -0.15) is 0 Å². The van der Waals surface area contributed by atoms with Crippen LogP contribution in [0.5, 0.6) is 5.75 Å². The van der Waals surface area contributed by atoms with Crippen molar-refractivity contribution < 1.29 is 9.53 Å². The van der Waals surface area contributed by atoms with Crippen LogP contribution in [0, 0.1) is 5.92 Å². The first-order valence-corrected chi connectivity index (χ1v) is 6.07. The van der Waals surface area contributed by atoms with Gasteiger partial charge in [0.05, 0.1) is 0 Å². The summed E-state index contributed by atoms with van der Waals surface area (Å²) in [6, 6.07) is 7.95. The highest BCUT2D eigenvalue weighted by Crippen LogP contribution is 2.24. The van der Waals surface area contributed by atoms with Gasteiger partial charge in [-0.05, 0) is 23.1 Å². The van der Waals surface area contributed by atoms with Gasteiger partial charge in [0.1, 0.15) is 12.4 Å². The topological polar surface area (TPSA) is 26.3 Å². The molecule has 94 valence electrons. The average Bonchev–Trinajstić information content (AvgIpc) is 2.25. The maximum Gasteiger partial charge on any atom is 0.172 e. The molecule has 0 saturated heterocycles. The van der Waals surface area contributed by atoms with Crippen LogP contribution >= 0.6 is 0 Å². The molecule has 0 unspecified atom stereocenters. The SMILES string of the molecule is CC(C)C(=O)COc1ccc(C(C)(C)C)cc1. The molecule has 1 aromatic rings. The van der Waals surface area contributed by atoms with Crippen molar-refractivity contribution in [3.05, 3.63) is 29.8 Å². The number of ether oxygens (including phenoxy) is 1. The number of carbonyl (C=O) groups excluding carboxylic acids is 1. The number of ketones is 1. The highest BCUT2D eigenvalue weighted by molar-refractivity contribution is 5.81. The van der Waals surface area contributed by atoms with Gasteiger partial charge >= 0.3 is 0 Å². The second-order valence-electron chi connectivity index (χ2n) is 5.68. The Morgan fingerprint density at radius 3 is 2.12 bits per heavy atom. The van der Waals surface area contributed by atoms with Gasteiger partial charge in [-0.3, -0.25) is 4.79 Å². The zero-order valence-electron chi connectivity index (χ0n) is 11.4. The third-order valence-electron chi connectivity index (χ3n) is 2.75. The monoisotopic (exact) mass is 234 g/mol. The van der Waals surface area contributed by atoms with E-state index in [0.29, 0.717) is 0 Å². The predicted octanol–water partition coefficient (Wildman–Crippen LogP) is 3.59. The van der Waals surface area contributed by atoms with Gasteiger partial charge in [0.2, 0.25) is 0 Å². The summed E-state index contributed by atoms with van der Waals surface area (Å²) in [6.45, 7) is 10.4. The summed E-state index contributed by atoms with van der Waals surface area (Å²) in [5.74, 6) is 0.917. The molecule has 17 heavy (non-hydrogen) atoms. The third kappa shape index (κ3) is 4.22. The van der Waals surface area contributed by atoms with Crippen molar-refractivity contribution in [2.24, 2.45) is 5.92 Å². The number of Topliss-reactive ketones (excluding diaryl/α,β-unsaturated/α-hetero) is 1. The van der Waals surface area contributed by atoms with E-state index in [9.17, 15) is 4.79 Å². The molecule has 0 aromatic heterocycles. The summed E-state index contributed by atoms with van der Waals surface area (Å²) >= 11 is 0. The predicted molar refractivity (Wildman–Crippen MR) is 70.5 cm³/mol. The van der Waals surface area contributed by atoms with Crippen molar-refractivity contribution in [2.75, 3.05) is 6.61 Å². The second kappa shape index (κ2) is 5.35. The van der Waals surface area contributed by atoms with E-state index in [0.717, 1.165) is 5.75 Å². The molecule has 1 aromatic carbocycles. The third-order valence-corrected chi connectivity index (χ3v) is 2.75. The van der Waals surface area contributed by atoms with Crippen molar-refractivity contribution in [3.63, 3.8) is 0 Å². The lowest BCUT2D eigenvalue weighted by Gasteiger charge is -2.19. The number of hydrogen-bond donors (Lipinski definition) is 0. The molecule has 0 N–H and O–H groups in total. The molecule has 0 saturated carbocycles. The van der Waals surface area contributed by atoms with Gasteiger partial charge < -0.3 is 4.74 Å². The van der Waals surface area contributed by atoms with Crippen molar-refractivity contribution in [1.82, 2.24) is 0 Å². The van der Waals surface area contributed by atoms with Crippen LogP contribution in [0.3, 0.4) is 0 Å². The van der Waals surface area contributed by atoms with Crippen LogP contribution in [-0.4, -0.2) is 12.4 Å². The first kappa shape index (κ1) is 13.8. The van der Waals surface area contributed by atoms with E-state index in [2.05, 4.69) is 32.9 Å². The van der Waals surface area contributed by atoms with E-state index in [4.69, 9.17) is 4.74 Å². The van der Waals surface area contributed by atoms with Crippen molar-refractivity contribution in [1.29, 1.82) is 0 Å². The number of benzene rings is 1. The molecule has 0 heterocycles. The Morgan fingerprint density at radius 2 is 1.71 bits per heavy atom. The Morgan fingerprint density at radius 1 is 1.18 bits per heavy atom. The minimum absolute atomic E-state index is 0.0313. The molecule has 0 bridgehead atoms. The second-order valence-corrected chi connectivity index (χ2v) is 5.68. The van der Waals surface area contributed by atoms with Crippen LogP contribution < -0.4 is 4.74 Å². The van der Waals surface area contributed by atoms with Gasteiger partial charge in [-0.15, -0.1) is 0 Å². The largest absolute Gasteiger partial charge is 0.486 e. The van der Waals surface area contributed by atoms with Crippen molar-refractivity contribution in [2.45, 2.75) is 40.0 Å². The fraction of sp³-hybridized carbons (Fsp3) is 0.533. The van der Waals surface area contributed by atoms with Crippen molar-refractivity contribution in [3.8, 4) is 5.75 Å². The Kier molecular flexibility index (Phi) is 4.33. The summed E-state index contributed by atoms with van der Waals surface area (Å²) in [5, 5.41) is 0. The maximum atomic E-state index is 11.4. The van der Waals surface area contributed by atoms with Gasteiger partial charge in [0.25, 0.3) is 0 Å². The van der Waals surface area contributed by atoms with E-state index in [1.54, 1.807) is 0 Å². The van der Waals surface area contributed by atoms with Crippen LogP contribution in [0.1, 0.15) is 40.2 Å². The first-order valence-electron chi connectivity index (χ1n) is 6.07. The molecular formula is C15H22O2. The summed E-state index contributed by atoms with van der Waals surface area (Å²) in [5.41, 5.74) is 1.41. The molecule has 2 nitrogen and oxygen atoms in total. The van der Waals surface area contributed by atoms with Gasteiger partial charge in [-0.1, -0.05) is 46.8 Å². The Hall–Kier alpha value is -1.31. The van der Waals surface area contributed by atoms with E-state index in [1.165, 1.54) is 5.56 Å². The van der Waals surface area contributed by atoms with Crippen LogP contribution in [-0.2, 0) is 10.2 Å². The number of hydrogen-bond acceptors (Lipinski definition) is 2. The van der Waals surface area contributed by atoms with E-state index in [1.807, 2.05) is 26.0 Å². The van der Waals surface area contributed by atoms with Crippen LogP contribution in [0.25, 0.3) is 0 Å². The summed E-state index contributed by atoms with van der Waals surface area (Å²) in [4.78, 5) is 11.4. The lowest BCUT2D eigenvalue weighted by molar-refractivity contribution is -0.123. The summed E-state index contributed by atoms with van der Waals surface area (Å²) < 4.78 is 5.45. The lowest BCUT2D eigenvalue weighted by Crippen LogP contribution is -2.17. The maximum absolute atomic E-state index is 11.4. The highest BCUT2D eigenvalue weighted by atomic mass is 16.5. The lowest BCUT2D eigenvalue weighted by atomic mass is 9.87. The Labute approximate surface area is 104 Å². The highest BCUT2D eigenvalue weighted by Gasteiger charge is 2.13. The standard InChI is InChI=1S/C15H22O2/c1-11(2)14(16)10-17-13-8-6-12(7-9-13)15(3,4)5/h6-9,11H,10H2,1-5H3. The molecule has 0 atom stereocenters. The summed E-state index contributed by atoms with van der Waals surface area (Å²) in [7, 11) is 0. The molecule has 0 aliphatic carbocycles. The smallest absolute Gasteiger partial charge is 0.172 e. The van der Waals surface area contributed by atoms with E-state index in [-0.39, 0.29) is 23.7 Å². The van der Waals surface area contributed by atoms with Crippen LogP contribution in [0.2, 0.25) is 0 Å². The van der Waals surface area contributed by atoms with E-state index >= 15 is 0 Å².